The van der Waals surface area contributed by atoms with Gasteiger partial charge in [-0.3, -0.25) is 14.9 Å². The number of amides is 1. The Morgan fingerprint density at radius 2 is 2.09 bits per heavy atom. The Kier molecular flexibility index (Phi) is 5.92. The third-order valence-corrected chi connectivity index (χ3v) is 3.89. The van der Waals surface area contributed by atoms with Gasteiger partial charge < -0.3 is 15.2 Å². The lowest BCUT2D eigenvalue weighted by Crippen LogP contribution is -2.30. The van der Waals surface area contributed by atoms with E-state index in [0.29, 0.717) is 18.2 Å². The Balaban J connectivity index is 1.64. The Bertz CT molecular complexity index is 673. The predicted octanol–water partition coefficient (Wildman–Crippen LogP) is 1.04. The van der Waals surface area contributed by atoms with Crippen LogP contribution >= 0.6 is 11.8 Å². The van der Waals surface area contributed by atoms with Gasteiger partial charge >= 0.3 is 0 Å². The van der Waals surface area contributed by atoms with Crippen molar-refractivity contribution in [1.82, 2.24) is 20.1 Å². The molecule has 1 amide bonds. The molecule has 2 aromatic rings. The second kappa shape index (κ2) is 8.13. The molecular weight excluding hydrogens is 320 g/mol. The Labute approximate surface area is 136 Å². The number of aromatic nitrogens is 3. The monoisotopic (exact) mass is 336 g/mol. The van der Waals surface area contributed by atoms with E-state index in [9.17, 15) is 14.9 Å². The highest BCUT2D eigenvalue weighted by Crippen LogP contribution is 2.15. The lowest BCUT2D eigenvalue weighted by molar-refractivity contribution is -0.384. The fraction of sp³-hybridized carbons (Fsp3) is 0.308. The van der Waals surface area contributed by atoms with Crippen molar-refractivity contribution in [2.75, 3.05) is 24.2 Å². The van der Waals surface area contributed by atoms with Crippen molar-refractivity contribution >= 4 is 29.0 Å². The maximum absolute atomic E-state index is 11.7. The Morgan fingerprint density at radius 3 is 2.70 bits per heavy atom. The number of anilines is 1. The molecule has 0 bridgehead atoms. The minimum absolute atomic E-state index is 0.0460. The second-order valence-corrected chi connectivity index (χ2v) is 5.54. The fourth-order valence-corrected chi connectivity index (χ4v) is 2.41. The van der Waals surface area contributed by atoms with Crippen LogP contribution in [-0.2, 0) is 11.8 Å². The molecule has 0 atom stereocenters. The molecule has 2 rings (SSSR count). The topological polar surface area (TPSA) is 115 Å². The number of nitro groups is 1. The number of hydrogen-bond acceptors (Lipinski definition) is 7. The minimum Gasteiger partial charge on any atom is -0.383 e. The minimum atomic E-state index is -0.446. The largest absolute Gasteiger partial charge is 0.383 e. The molecule has 0 saturated carbocycles. The van der Waals surface area contributed by atoms with E-state index >= 15 is 0 Å². The SMILES string of the molecule is Cn1cnnc1SCC(=O)NCCNc1ccc([N+](=O)[O-])cc1. The molecule has 0 unspecified atom stereocenters. The summed E-state index contributed by atoms with van der Waals surface area (Å²) in [6.45, 7) is 0.980. The van der Waals surface area contributed by atoms with Gasteiger partial charge in [-0.1, -0.05) is 11.8 Å². The summed E-state index contributed by atoms with van der Waals surface area (Å²) in [6, 6.07) is 6.12. The summed E-state index contributed by atoms with van der Waals surface area (Å²) in [5.41, 5.74) is 0.808. The summed E-state index contributed by atoms with van der Waals surface area (Å²) in [5.74, 6) is 0.174. The van der Waals surface area contributed by atoms with Gasteiger partial charge in [0.15, 0.2) is 5.16 Å². The molecule has 0 aliphatic heterocycles. The number of non-ortho nitro benzene ring substituents is 1. The van der Waals surface area contributed by atoms with Crippen molar-refractivity contribution < 1.29 is 9.72 Å². The summed E-state index contributed by atoms with van der Waals surface area (Å²) >= 11 is 1.31. The van der Waals surface area contributed by atoms with Gasteiger partial charge in [-0.2, -0.15) is 0 Å². The van der Waals surface area contributed by atoms with E-state index in [-0.39, 0.29) is 17.3 Å². The van der Waals surface area contributed by atoms with E-state index in [1.165, 1.54) is 23.9 Å². The maximum atomic E-state index is 11.7. The van der Waals surface area contributed by atoms with E-state index in [0.717, 1.165) is 5.69 Å². The van der Waals surface area contributed by atoms with Crippen LogP contribution in [0, 0.1) is 10.1 Å². The first-order chi connectivity index (χ1) is 11.1. The normalized spacial score (nSPS) is 10.3. The molecular formula is C13H16N6O3S. The third-order valence-electron chi connectivity index (χ3n) is 2.86. The number of carbonyl (C=O) groups is 1. The zero-order valence-corrected chi connectivity index (χ0v) is 13.2. The van der Waals surface area contributed by atoms with Gasteiger partial charge in [-0.25, -0.2) is 0 Å². The standard InChI is InChI=1S/C13H16N6O3S/c1-18-9-16-17-13(18)23-8-12(20)15-7-6-14-10-2-4-11(5-3-10)19(21)22/h2-5,9,14H,6-8H2,1H3,(H,15,20). The molecule has 0 radical (unpaired) electrons. The van der Waals surface area contributed by atoms with Crippen LogP contribution in [0.3, 0.4) is 0 Å². The van der Waals surface area contributed by atoms with Gasteiger partial charge in [-0.15, -0.1) is 10.2 Å². The van der Waals surface area contributed by atoms with Crippen LogP contribution in [0.15, 0.2) is 35.7 Å². The molecule has 122 valence electrons. The van der Waals surface area contributed by atoms with E-state index in [1.807, 2.05) is 7.05 Å². The van der Waals surface area contributed by atoms with Crippen molar-refractivity contribution in [3.05, 3.63) is 40.7 Å². The number of hydrogen-bond donors (Lipinski definition) is 2. The summed E-state index contributed by atoms with van der Waals surface area (Å²) in [6.07, 6.45) is 1.58. The molecule has 9 nitrogen and oxygen atoms in total. The maximum Gasteiger partial charge on any atom is 0.269 e. The smallest absolute Gasteiger partial charge is 0.269 e. The number of nitro benzene ring substituents is 1. The van der Waals surface area contributed by atoms with Crippen molar-refractivity contribution in [3.63, 3.8) is 0 Å². The van der Waals surface area contributed by atoms with Crippen molar-refractivity contribution in [1.29, 1.82) is 0 Å². The number of rotatable bonds is 8. The first-order valence-corrected chi connectivity index (χ1v) is 7.76. The molecule has 0 spiro atoms. The highest BCUT2D eigenvalue weighted by atomic mass is 32.2. The van der Waals surface area contributed by atoms with Crippen LogP contribution in [0.4, 0.5) is 11.4 Å². The van der Waals surface area contributed by atoms with Gasteiger partial charge in [0.05, 0.1) is 10.7 Å². The second-order valence-electron chi connectivity index (χ2n) is 4.59. The average Bonchev–Trinajstić information content (AvgIpc) is 2.95. The number of nitrogens with one attached hydrogen (secondary N) is 2. The molecule has 1 aromatic heterocycles. The molecule has 0 aliphatic rings. The molecule has 23 heavy (non-hydrogen) atoms. The highest BCUT2D eigenvalue weighted by Gasteiger charge is 2.06. The number of benzene rings is 1. The summed E-state index contributed by atoms with van der Waals surface area (Å²) in [4.78, 5) is 21.8. The Morgan fingerprint density at radius 1 is 1.35 bits per heavy atom. The first-order valence-electron chi connectivity index (χ1n) is 6.78. The van der Waals surface area contributed by atoms with Crippen LogP contribution in [0.25, 0.3) is 0 Å². The van der Waals surface area contributed by atoms with Gasteiger partial charge in [0.2, 0.25) is 5.91 Å². The lowest BCUT2D eigenvalue weighted by Gasteiger charge is -2.07. The quantitative estimate of drug-likeness (QED) is 0.320. The number of thioether (sulfide) groups is 1. The van der Waals surface area contributed by atoms with Crippen LogP contribution in [-0.4, -0.2) is 44.4 Å². The van der Waals surface area contributed by atoms with Crippen LogP contribution < -0.4 is 10.6 Å². The molecule has 0 saturated heterocycles. The molecule has 1 heterocycles. The van der Waals surface area contributed by atoms with Crippen LogP contribution in [0.1, 0.15) is 0 Å². The van der Waals surface area contributed by atoms with Gasteiger partial charge in [-0.05, 0) is 12.1 Å². The highest BCUT2D eigenvalue weighted by molar-refractivity contribution is 7.99. The van der Waals surface area contributed by atoms with E-state index in [1.54, 1.807) is 23.0 Å². The van der Waals surface area contributed by atoms with Gasteiger partial charge in [0.25, 0.3) is 5.69 Å². The number of nitrogens with zero attached hydrogens (tertiary/aromatic N) is 4. The summed E-state index contributed by atoms with van der Waals surface area (Å²) in [7, 11) is 1.81. The first kappa shape index (κ1) is 16.7. The third kappa shape index (κ3) is 5.25. The average molecular weight is 336 g/mol. The van der Waals surface area contributed by atoms with Gasteiger partial charge in [0.1, 0.15) is 6.33 Å². The van der Waals surface area contributed by atoms with Gasteiger partial charge in [0, 0.05) is 38.0 Å². The Hall–Kier alpha value is -2.62. The summed E-state index contributed by atoms with van der Waals surface area (Å²) < 4.78 is 1.74. The molecule has 2 N–H and O–H groups in total. The fourth-order valence-electron chi connectivity index (χ4n) is 1.69. The molecule has 10 heteroatoms. The van der Waals surface area contributed by atoms with Crippen LogP contribution in [0.5, 0.6) is 0 Å². The van der Waals surface area contributed by atoms with E-state index < -0.39 is 4.92 Å². The predicted molar refractivity (Wildman–Crippen MR) is 86.3 cm³/mol. The van der Waals surface area contributed by atoms with E-state index in [4.69, 9.17) is 0 Å². The van der Waals surface area contributed by atoms with Crippen molar-refractivity contribution in [2.45, 2.75) is 5.16 Å². The van der Waals surface area contributed by atoms with Crippen molar-refractivity contribution in [3.8, 4) is 0 Å². The number of carbonyl (C=O) groups excluding carboxylic acids is 1. The number of aryl methyl sites for hydroxylation is 1. The zero-order chi connectivity index (χ0) is 16.7. The summed E-state index contributed by atoms with van der Waals surface area (Å²) in [5, 5.41) is 24.7. The van der Waals surface area contributed by atoms with Crippen molar-refractivity contribution in [2.24, 2.45) is 7.05 Å². The molecule has 0 fully saturated rings. The van der Waals surface area contributed by atoms with Crippen LogP contribution in [0.2, 0.25) is 0 Å². The molecule has 1 aromatic carbocycles. The lowest BCUT2D eigenvalue weighted by atomic mass is 10.3. The molecule has 0 aliphatic carbocycles. The van der Waals surface area contributed by atoms with E-state index in [2.05, 4.69) is 20.8 Å². The zero-order valence-electron chi connectivity index (χ0n) is 12.4.